The van der Waals surface area contributed by atoms with Gasteiger partial charge in [-0.1, -0.05) is 11.6 Å². The minimum Gasteiger partial charge on any atom is -0.378 e. The van der Waals surface area contributed by atoms with Gasteiger partial charge in [0.1, 0.15) is 17.3 Å². The van der Waals surface area contributed by atoms with Gasteiger partial charge >= 0.3 is 0 Å². The molecule has 0 bridgehead atoms. The summed E-state index contributed by atoms with van der Waals surface area (Å²) in [4.78, 5) is 8.01. The summed E-state index contributed by atoms with van der Waals surface area (Å²) < 4.78 is 6.21. The van der Waals surface area contributed by atoms with E-state index in [4.69, 9.17) is 16.3 Å². The first-order chi connectivity index (χ1) is 7.68. The van der Waals surface area contributed by atoms with Crippen molar-refractivity contribution in [1.29, 1.82) is 0 Å². The van der Waals surface area contributed by atoms with Crippen LogP contribution in [-0.4, -0.2) is 29.2 Å². The lowest BCUT2D eigenvalue weighted by Gasteiger charge is -2.15. The second kappa shape index (κ2) is 5.29. The Kier molecular flexibility index (Phi) is 4.00. The Labute approximate surface area is 108 Å². The quantitative estimate of drug-likeness (QED) is 0.872. The monoisotopic (exact) mass is 305 g/mol. The molecule has 2 unspecified atom stereocenters. The van der Waals surface area contributed by atoms with Gasteiger partial charge in [-0.3, -0.25) is 0 Å². The highest BCUT2D eigenvalue weighted by Crippen LogP contribution is 2.27. The summed E-state index contributed by atoms with van der Waals surface area (Å²) in [6.45, 7) is 3.79. The average molecular weight is 307 g/mol. The number of halogens is 2. The predicted octanol–water partition coefficient (Wildman–Crippen LogP) is 2.73. The fourth-order valence-corrected chi connectivity index (χ4v) is 2.22. The van der Waals surface area contributed by atoms with Gasteiger partial charge in [0.05, 0.1) is 10.6 Å². The van der Waals surface area contributed by atoms with Crippen LogP contribution in [0.25, 0.3) is 0 Å². The molecule has 1 N–H and O–H groups in total. The number of anilines is 1. The predicted molar refractivity (Wildman–Crippen MR) is 66.8 cm³/mol. The maximum atomic E-state index is 5.88. The smallest absolute Gasteiger partial charge is 0.148 e. The molecule has 0 aliphatic carbocycles. The second-order valence-corrected chi connectivity index (χ2v) is 4.98. The van der Waals surface area contributed by atoms with Gasteiger partial charge in [-0.25, -0.2) is 9.97 Å². The van der Waals surface area contributed by atoms with Crippen LogP contribution in [0.1, 0.15) is 13.3 Å². The molecule has 1 fully saturated rings. The molecule has 0 spiro atoms. The molecule has 1 aromatic heterocycles. The molecule has 88 valence electrons. The maximum absolute atomic E-state index is 5.88. The van der Waals surface area contributed by atoms with Gasteiger partial charge < -0.3 is 10.1 Å². The zero-order valence-electron chi connectivity index (χ0n) is 8.91. The van der Waals surface area contributed by atoms with Crippen LogP contribution >= 0.6 is 27.5 Å². The molecule has 0 amide bonds. The first kappa shape index (κ1) is 12.1. The number of hydrogen-bond donors (Lipinski definition) is 1. The summed E-state index contributed by atoms with van der Waals surface area (Å²) in [7, 11) is 0. The second-order valence-electron chi connectivity index (χ2n) is 3.83. The van der Waals surface area contributed by atoms with E-state index in [0.29, 0.717) is 21.6 Å². The average Bonchev–Trinajstić information content (AvgIpc) is 2.67. The molecule has 2 rings (SSSR count). The van der Waals surface area contributed by atoms with Crippen molar-refractivity contribution in [3.05, 3.63) is 16.0 Å². The van der Waals surface area contributed by atoms with Gasteiger partial charge in [-0.15, -0.1) is 0 Å². The van der Waals surface area contributed by atoms with E-state index in [1.807, 2.05) is 0 Å². The lowest BCUT2D eigenvalue weighted by molar-refractivity contribution is 0.108. The Hall–Kier alpha value is -0.390. The summed E-state index contributed by atoms with van der Waals surface area (Å²) in [5.41, 5.74) is 0. The lowest BCUT2D eigenvalue weighted by atomic mass is 10.0. The van der Waals surface area contributed by atoms with Crippen molar-refractivity contribution in [1.82, 2.24) is 9.97 Å². The molecule has 2 heterocycles. The number of nitrogens with zero attached hydrogens (tertiary/aromatic N) is 2. The fraction of sp³-hybridized carbons (Fsp3) is 0.600. The summed E-state index contributed by atoms with van der Waals surface area (Å²) in [6.07, 6.45) is 2.85. The Morgan fingerprint density at radius 3 is 3.12 bits per heavy atom. The van der Waals surface area contributed by atoms with Gasteiger partial charge in [-0.2, -0.15) is 0 Å². The molecule has 4 nitrogen and oxygen atoms in total. The Balaban J connectivity index is 1.96. The van der Waals surface area contributed by atoms with Crippen molar-refractivity contribution in [3.63, 3.8) is 0 Å². The van der Waals surface area contributed by atoms with Crippen molar-refractivity contribution in [3.8, 4) is 0 Å². The SMILES string of the molecule is CC1OCCC1CNc1ncnc(Cl)c1Br. The summed E-state index contributed by atoms with van der Waals surface area (Å²) in [5, 5.41) is 3.69. The van der Waals surface area contributed by atoms with Gasteiger partial charge in [0, 0.05) is 19.1 Å². The highest BCUT2D eigenvalue weighted by Gasteiger charge is 2.24. The normalized spacial score (nSPS) is 24.7. The van der Waals surface area contributed by atoms with Crippen LogP contribution in [0.3, 0.4) is 0 Å². The highest BCUT2D eigenvalue weighted by molar-refractivity contribution is 9.10. The van der Waals surface area contributed by atoms with Crippen LogP contribution < -0.4 is 5.32 Å². The van der Waals surface area contributed by atoms with Crippen molar-refractivity contribution >= 4 is 33.3 Å². The molecule has 6 heteroatoms. The van der Waals surface area contributed by atoms with E-state index in [0.717, 1.165) is 25.4 Å². The van der Waals surface area contributed by atoms with Crippen LogP contribution in [0.4, 0.5) is 5.82 Å². The standard InChI is InChI=1S/C10H13BrClN3O/c1-6-7(2-3-16-6)4-13-10-8(11)9(12)14-5-15-10/h5-7H,2-4H2,1H3,(H,13,14,15). The third-order valence-corrected chi connectivity index (χ3v) is 4.08. The van der Waals surface area contributed by atoms with Gasteiger partial charge in [-0.05, 0) is 29.3 Å². The van der Waals surface area contributed by atoms with Gasteiger partial charge in [0.25, 0.3) is 0 Å². The molecule has 1 saturated heterocycles. The van der Waals surface area contributed by atoms with Crippen molar-refractivity contribution in [2.45, 2.75) is 19.4 Å². The molecule has 0 saturated carbocycles. The van der Waals surface area contributed by atoms with E-state index in [9.17, 15) is 0 Å². The summed E-state index contributed by atoms with van der Waals surface area (Å²) in [5.74, 6) is 1.26. The molecule has 1 aliphatic rings. The van der Waals surface area contributed by atoms with E-state index in [-0.39, 0.29) is 0 Å². The van der Waals surface area contributed by atoms with Crippen molar-refractivity contribution < 1.29 is 4.74 Å². The van der Waals surface area contributed by atoms with Gasteiger partial charge in [0.15, 0.2) is 0 Å². The minimum absolute atomic E-state index is 0.309. The molecule has 16 heavy (non-hydrogen) atoms. The van der Waals surface area contributed by atoms with Crippen LogP contribution in [-0.2, 0) is 4.74 Å². The molecular formula is C10H13BrClN3O. The van der Waals surface area contributed by atoms with E-state index in [1.165, 1.54) is 6.33 Å². The molecule has 2 atom stereocenters. The zero-order valence-corrected chi connectivity index (χ0v) is 11.3. The van der Waals surface area contributed by atoms with Crippen LogP contribution in [0.15, 0.2) is 10.8 Å². The van der Waals surface area contributed by atoms with Crippen molar-refractivity contribution in [2.75, 3.05) is 18.5 Å². The summed E-state index contributed by atoms with van der Waals surface area (Å²) >= 11 is 9.23. The Bertz CT molecular complexity index is 377. The Morgan fingerprint density at radius 1 is 1.62 bits per heavy atom. The molecular weight excluding hydrogens is 293 g/mol. The molecule has 1 aromatic rings. The Morgan fingerprint density at radius 2 is 2.44 bits per heavy atom. The number of aromatic nitrogens is 2. The van der Waals surface area contributed by atoms with Crippen LogP contribution in [0.5, 0.6) is 0 Å². The molecule has 1 aliphatic heterocycles. The van der Waals surface area contributed by atoms with E-state index in [1.54, 1.807) is 0 Å². The third-order valence-electron chi connectivity index (χ3n) is 2.81. The first-order valence-electron chi connectivity index (χ1n) is 5.20. The topological polar surface area (TPSA) is 47.0 Å². The highest BCUT2D eigenvalue weighted by atomic mass is 79.9. The van der Waals surface area contributed by atoms with E-state index < -0.39 is 0 Å². The maximum Gasteiger partial charge on any atom is 0.148 e. The zero-order chi connectivity index (χ0) is 11.5. The number of ether oxygens (including phenoxy) is 1. The van der Waals surface area contributed by atoms with E-state index >= 15 is 0 Å². The summed E-state index contributed by atoms with van der Waals surface area (Å²) in [6, 6.07) is 0. The largest absolute Gasteiger partial charge is 0.378 e. The number of rotatable bonds is 3. The lowest BCUT2D eigenvalue weighted by Crippen LogP contribution is -2.21. The minimum atomic E-state index is 0.309. The number of nitrogens with one attached hydrogen (secondary N) is 1. The van der Waals surface area contributed by atoms with E-state index in [2.05, 4.69) is 38.1 Å². The third kappa shape index (κ3) is 2.64. The first-order valence-corrected chi connectivity index (χ1v) is 6.37. The van der Waals surface area contributed by atoms with Crippen LogP contribution in [0.2, 0.25) is 5.15 Å². The number of hydrogen-bond acceptors (Lipinski definition) is 4. The molecule has 0 aromatic carbocycles. The fourth-order valence-electron chi connectivity index (χ4n) is 1.74. The van der Waals surface area contributed by atoms with Crippen molar-refractivity contribution in [2.24, 2.45) is 5.92 Å². The van der Waals surface area contributed by atoms with Crippen LogP contribution in [0, 0.1) is 5.92 Å². The van der Waals surface area contributed by atoms with Gasteiger partial charge in [0.2, 0.25) is 0 Å². The molecule has 0 radical (unpaired) electrons.